The summed E-state index contributed by atoms with van der Waals surface area (Å²) in [6.45, 7) is 1.55. The highest BCUT2D eigenvalue weighted by Gasteiger charge is 2.07. The fourth-order valence-electron chi connectivity index (χ4n) is 1.30. The molecule has 0 aliphatic heterocycles. The third-order valence-corrected chi connectivity index (χ3v) is 2.48. The summed E-state index contributed by atoms with van der Waals surface area (Å²) in [5, 5.41) is 3.24. The van der Waals surface area contributed by atoms with Gasteiger partial charge in [-0.1, -0.05) is 23.2 Å². The molecule has 0 unspecified atom stereocenters. The number of rotatable bonds is 5. The van der Waals surface area contributed by atoms with Gasteiger partial charge in [0.1, 0.15) is 10.3 Å². The predicted molar refractivity (Wildman–Crippen MR) is 69.8 cm³/mol. The van der Waals surface area contributed by atoms with E-state index in [1.807, 2.05) is 14.1 Å². The van der Waals surface area contributed by atoms with Crippen molar-refractivity contribution >= 4 is 29.1 Å². The largest absolute Gasteiger partial charge is 0.352 e. The van der Waals surface area contributed by atoms with E-state index in [1.54, 1.807) is 0 Å². The minimum atomic E-state index is -0.185. The number of hydrogen-bond acceptors (Lipinski definition) is 3. The van der Waals surface area contributed by atoms with Crippen LogP contribution < -0.4 is 5.32 Å². The number of carbonyl (C=O) groups is 1. The van der Waals surface area contributed by atoms with Gasteiger partial charge in [0.2, 0.25) is 0 Å². The second kappa shape index (κ2) is 6.79. The lowest BCUT2D eigenvalue weighted by atomic mass is 10.2. The van der Waals surface area contributed by atoms with E-state index >= 15 is 0 Å². The Labute approximate surface area is 111 Å². The smallest absolute Gasteiger partial charge is 0.251 e. The van der Waals surface area contributed by atoms with Gasteiger partial charge in [-0.3, -0.25) is 4.79 Å². The zero-order valence-electron chi connectivity index (χ0n) is 9.83. The summed E-state index contributed by atoms with van der Waals surface area (Å²) in [6.07, 6.45) is 0.894. The van der Waals surface area contributed by atoms with Gasteiger partial charge in [-0.15, -0.1) is 0 Å². The molecule has 1 aromatic heterocycles. The van der Waals surface area contributed by atoms with Crippen LogP contribution in [0.25, 0.3) is 0 Å². The maximum Gasteiger partial charge on any atom is 0.251 e. The van der Waals surface area contributed by atoms with Crippen LogP contribution in [0.1, 0.15) is 16.8 Å². The lowest BCUT2D eigenvalue weighted by molar-refractivity contribution is 0.0952. The van der Waals surface area contributed by atoms with Crippen LogP contribution in [0, 0.1) is 0 Å². The molecule has 0 aliphatic carbocycles. The summed E-state index contributed by atoms with van der Waals surface area (Å²) < 4.78 is 0. The monoisotopic (exact) mass is 275 g/mol. The molecule has 17 heavy (non-hydrogen) atoms. The molecule has 0 aromatic carbocycles. The van der Waals surface area contributed by atoms with E-state index in [9.17, 15) is 4.79 Å². The molecule has 0 spiro atoms. The van der Waals surface area contributed by atoms with Crippen molar-refractivity contribution in [3.63, 3.8) is 0 Å². The Morgan fingerprint density at radius 1 is 1.35 bits per heavy atom. The lowest BCUT2D eigenvalue weighted by Crippen LogP contribution is -2.27. The minimum absolute atomic E-state index is 0.185. The summed E-state index contributed by atoms with van der Waals surface area (Å²) in [6, 6.07) is 2.99. The Balaban J connectivity index is 2.47. The molecule has 1 heterocycles. The molecule has 1 N–H and O–H groups in total. The van der Waals surface area contributed by atoms with Crippen LogP contribution in [0.2, 0.25) is 10.3 Å². The third-order valence-electron chi connectivity index (χ3n) is 2.09. The molecule has 0 aliphatic rings. The van der Waals surface area contributed by atoms with E-state index in [2.05, 4.69) is 15.2 Å². The highest BCUT2D eigenvalue weighted by Crippen LogP contribution is 2.14. The summed E-state index contributed by atoms with van der Waals surface area (Å²) in [7, 11) is 3.98. The van der Waals surface area contributed by atoms with Gasteiger partial charge < -0.3 is 10.2 Å². The number of pyridine rings is 1. The highest BCUT2D eigenvalue weighted by molar-refractivity contribution is 6.33. The van der Waals surface area contributed by atoms with Gasteiger partial charge in [-0.25, -0.2) is 4.98 Å². The number of amides is 1. The highest BCUT2D eigenvalue weighted by atomic mass is 35.5. The van der Waals surface area contributed by atoms with Crippen LogP contribution in [0.15, 0.2) is 12.1 Å². The first-order valence-corrected chi connectivity index (χ1v) is 6.00. The number of halogens is 2. The van der Waals surface area contributed by atoms with Crippen molar-refractivity contribution in [2.75, 3.05) is 27.2 Å². The van der Waals surface area contributed by atoms with E-state index in [0.717, 1.165) is 13.0 Å². The van der Waals surface area contributed by atoms with E-state index in [-0.39, 0.29) is 16.2 Å². The Bertz CT molecular complexity index is 376. The maximum atomic E-state index is 11.7. The summed E-state index contributed by atoms with van der Waals surface area (Å²) in [5.41, 5.74) is 0.430. The van der Waals surface area contributed by atoms with E-state index in [1.165, 1.54) is 12.1 Å². The van der Waals surface area contributed by atoms with Crippen molar-refractivity contribution in [2.24, 2.45) is 0 Å². The van der Waals surface area contributed by atoms with Crippen LogP contribution >= 0.6 is 23.2 Å². The summed E-state index contributed by atoms with van der Waals surface area (Å²) in [4.78, 5) is 17.6. The first kappa shape index (κ1) is 14.2. The van der Waals surface area contributed by atoms with Gasteiger partial charge in [0.15, 0.2) is 0 Å². The normalized spacial score (nSPS) is 10.6. The molecule has 0 atom stereocenters. The molecule has 94 valence electrons. The molecule has 0 radical (unpaired) electrons. The number of nitrogens with one attached hydrogen (secondary N) is 1. The van der Waals surface area contributed by atoms with Crippen LogP contribution in [-0.4, -0.2) is 43.0 Å². The molecular formula is C11H15Cl2N3O. The molecule has 1 aromatic rings. The molecule has 0 saturated heterocycles. The molecule has 0 fully saturated rings. The number of nitrogens with zero attached hydrogens (tertiary/aromatic N) is 2. The fraction of sp³-hybridized carbons (Fsp3) is 0.455. The van der Waals surface area contributed by atoms with Crippen LogP contribution in [0.5, 0.6) is 0 Å². The van der Waals surface area contributed by atoms with Gasteiger partial charge in [-0.2, -0.15) is 0 Å². The van der Waals surface area contributed by atoms with Crippen molar-refractivity contribution in [1.82, 2.24) is 15.2 Å². The topological polar surface area (TPSA) is 45.2 Å². The SMILES string of the molecule is CN(C)CCCNC(=O)c1cc(Cl)nc(Cl)c1. The average molecular weight is 276 g/mol. The predicted octanol–water partition coefficient (Wildman–Crippen LogP) is 2.07. The van der Waals surface area contributed by atoms with Crippen molar-refractivity contribution in [3.05, 3.63) is 28.0 Å². The second-order valence-corrected chi connectivity index (χ2v) is 4.69. The van der Waals surface area contributed by atoms with Crippen LogP contribution in [-0.2, 0) is 0 Å². The standard InChI is InChI=1S/C11H15Cl2N3O/c1-16(2)5-3-4-14-11(17)8-6-9(12)15-10(13)7-8/h6-7H,3-5H2,1-2H3,(H,14,17). The van der Waals surface area contributed by atoms with Crippen LogP contribution in [0.3, 0.4) is 0 Å². The summed E-state index contributed by atoms with van der Waals surface area (Å²) >= 11 is 11.4. The van der Waals surface area contributed by atoms with Crippen molar-refractivity contribution in [1.29, 1.82) is 0 Å². The van der Waals surface area contributed by atoms with Crippen LogP contribution in [0.4, 0.5) is 0 Å². The van der Waals surface area contributed by atoms with E-state index in [0.29, 0.717) is 12.1 Å². The van der Waals surface area contributed by atoms with Gasteiger partial charge in [-0.05, 0) is 39.2 Å². The Kier molecular flexibility index (Phi) is 5.68. The van der Waals surface area contributed by atoms with E-state index < -0.39 is 0 Å². The zero-order chi connectivity index (χ0) is 12.8. The average Bonchev–Trinajstić information content (AvgIpc) is 2.22. The minimum Gasteiger partial charge on any atom is -0.352 e. The Hall–Kier alpha value is -0.840. The summed E-state index contributed by atoms with van der Waals surface area (Å²) in [5.74, 6) is -0.185. The lowest BCUT2D eigenvalue weighted by Gasteiger charge is -2.10. The van der Waals surface area contributed by atoms with Gasteiger partial charge >= 0.3 is 0 Å². The van der Waals surface area contributed by atoms with Gasteiger partial charge in [0.25, 0.3) is 5.91 Å². The van der Waals surface area contributed by atoms with Gasteiger partial charge in [0.05, 0.1) is 0 Å². The molecule has 6 heteroatoms. The second-order valence-electron chi connectivity index (χ2n) is 3.91. The quantitative estimate of drug-likeness (QED) is 0.661. The van der Waals surface area contributed by atoms with Crippen molar-refractivity contribution in [3.8, 4) is 0 Å². The number of hydrogen-bond donors (Lipinski definition) is 1. The Morgan fingerprint density at radius 2 is 1.94 bits per heavy atom. The fourth-order valence-corrected chi connectivity index (χ4v) is 1.76. The Morgan fingerprint density at radius 3 is 2.47 bits per heavy atom. The molecule has 4 nitrogen and oxygen atoms in total. The first-order chi connectivity index (χ1) is 7.99. The van der Waals surface area contributed by atoms with E-state index in [4.69, 9.17) is 23.2 Å². The number of aromatic nitrogens is 1. The number of carbonyl (C=O) groups excluding carboxylic acids is 1. The molecule has 0 saturated carbocycles. The molecule has 1 amide bonds. The third kappa shape index (κ3) is 5.35. The molecule has 0 bridgehead atoms. The van der Waals surface area contributed by atoms with Crippen molar-refractivity contribution < 1.29 is 4.79 Å². The molecular weight excluding hydrogens is 261 g/mol. The first-order valence-electron chi connectivity index (χ1n) is 5.25. The maximum absolute atomic E-state index is 11.7. The van der Waals surface area contributed by atoms with Gasteiger partial charge in [0, 0.05) is 12.1 Å². The molecule has 1 rings (SSSR count). The van der Waals surface area contributed by atoms with Crippen molar-refractivity contribution in [2.45, 2.75) is 6.42 Å². The zero-order valence-corrected chi connectivity index (χ0v) is 11.3.